The molecule has 1 N–H and O–H groups in total. The molecule has 5 heteroatoms. The summed E-state index contributed by atoms with van der Waals surface area (Å²) in [6.45, 7) is 0. The van der Waals surface area contributed by atoms with Gasteiger partial charge in [-0.25, -0.2) is 4.39 Å². The van der Waals surface area contributed by atoms with Crippen molar-refractivity contribution in [3.8, 4) is 6.07 Å². The first kappa shape index (κ1) is 13.1. The second-order valence-corrected chi connectivity index (χ2v) is 5.24. The van der Waals surface area contributed by atoms with Crippen molar-refractivity contribution in [2.45, 2.75) is 0 Å². The van der Waals surface area contributed by atoms with Crippen LogP contribution in [-0.4, -0.2) is 0 Å². The van der Waals surface area contributed by atoms with E-state index in [2.05, 4.69) is 37.2 Å². The topological polar surface area (TPSA) is 35.8 Å². The molecule has 0 spiro atoms. The van der Waals surface area contributed by atoms with Gasteiger partial charge in [-0.3, -0.25) is 0 Å². The molecule has 0 unspecified atom stereocenters. The van der Waals surface area contributed by atoms with Gasteiger partial charge in [-0.15, -0.1) is 0 Å². The van der Waals surface area contributed by atoms with Crippen molar-refractivity contribution in [3.63, 3.8) is 0 Å². The van der Waals surface area contributed by atoms with Crippen LogP contribution in [0.2, 0.25) is 0 Å². The lowest BCUT2D eigenvalue weighted by molar-refractivity contribution is 0.624. The van der Waals surface area contributed by atoms with E-state index in [4.69, 9.17) is 5.26 Å². The predicted molar refractivity (Wildman–Crippen MR) is 76.2 cm³/mol. The molecule has 2 aromatic rings. The van der Waals surface area contributed by atoms with E-state index in [0.717, 1.165) is 10.2 Å². The zero-order valence-corrected chi connectivity index (χ0v) is 12.2. The summed E-state index contributed by atoms with van der Waals surface area (Å²) in [4.78, 5) is 0. The highest BCUT2D eigenvalue weighted by Gasteiger charge is 2.10. The Hall–Kier alpha value is -1.38. The number of nitrogens with one attached hydrogen (secondary N) is 1. The van der Waals surface area contributed by atoms with Gasteiger partial charge >= 0.3 is 0 Å². The standard InChI is InChI=1S/C13H7Br2FN2/c14-9-2-4-10(5-3-9)18-11-6-1-8(7-17)12(15)13(11)16/h1-6,18H. The molecule has 0 aliphatic rings. The third kappa shape index (κ3) is 2.71. The Labute approximate surface area is 121 Å². The van der Waals surface area contributed by atoms with Crippen LogP contribution >= 0.6 is 31.9 Å². The Kier molecular flexibility index (Phi) is 4.00. The average molecular weight is 370 g/mol. The van der Waals surface area contributed by atoms with Gasteiger partial charge in [-0.1, -0.05) is 15.9 Å². The van der Waals surface area contributed by atoms with E-state index >= 15 is 0 Å². The van der Waals surface area contributed by atoms with Gasteiger partial charge in [-0.2, -0.15) is 5.26 Å². The summed E-state index contributed by atoms with van der Waals surface area (Å²) in [6.07, 6.45) is 0. The second kappa shape index (κ2) is 5.51. The Morgan fingerprint density at radius 1 is 1.06 bits per heavy atom. The van der Waals surface area contributed by atoms with Gasteiger partial charge in [0.1, 0.15) is 6.07 Å². The molecule has 2 rings (SSSR count). The number of nitriles is 1. The molecular weight excluding hydrogens is 363 g/mol. The van der Waals surface area contributed by atoms with Gasteiger partial charge in [-0.05, 0) is 52.3 Å². The fourth-order valence-electron chi connectivity index (χ4n) is 1.42. The Morgan fingerprint density at radius 2 is 1.72 bits per heavy atom. The molecule has 0 radical (unpaired) electrons. The van der Waals surface area contributed by atoms with E-state index in [0.29, 0.717) is 5.69 Å². The molecule has 90 valence electrons. The fraction of sp³-hybridized carbons (Fsp3) is 0. The van der Waals surface area contributed by atoms with Crippen molar-refractivity contribution in [1.29, 1.82) is 5.26 Å². The van der Waals surface area contributed by atoms with E-state index in [1.807, 2.05) is 30.3 Å². The SMILES string of the molecule is N#Cc1ccc(Nc2ccc(Br)cc2)c(F)c1Br. The summed E-state index contributed by atoms with van der Waals surface area (Å²) in [5.74, 6) is -0.475. The third-order valence-electron chi connectivity index (χ3n) is 2.33. The molecule has 2 aromatic carbocycles. The second-order valence-electron chi connectivity index (χ2n) is 3.53. The molecule has 2 nitrogen and oxygen atoms in total. The van der Waals surface area contributed by atoms with Gasteiger partial charge in [0.05, 0.1) is 15.7 Å². The van der Waals surface area contributed by atoms with Crippen LogP contribution in [-0.2, 0) is 0 Å². The average Bonchev–Trinajstić information content (AvgIpc) is 2.38. The molecule has 0 atom stereocenters. The normalized spacial score (nSPS) is 9.89. The van der Waals surface area contributed by atoms with Crippen LogP contribution in [0, 0.1) is 17.1 Å². The number of halogens is 3. The molecule has 0 fully saturated rings. The third-order valence-corrected chi connectivity index (χ3v) is 3.63. The molecule has 18 heavy (non-hydrogen) atoms. The van der Waals surface area contributed by atoms with Gasteiger partial charge in [0, 0.05) is 10.2 Å². The van der Waals surface area contributed by atoms with Crippen LogP contribution in [0.5, 0.6) is 0 Å². The lowest BCUT2D eigenvalue weighted by Gasteiger charge is -2.09. The van der Waals surface area contributed by atoms with E-state index in [1.54, 1.807) is 12.1 Å². The maximum Gasteiger partial charge on any atom is 0.162 e. The molecule has 0 aliphatic heterocycles. The van der Waals surface area contributed by atoms with Gasteiger partial charge < -0.3 is 5.32 Å². The number of hydrogen-bond donors (Lipinski definition) is 1. The molecule has 0 heterocycles. The highest BCUT2D eigenvalue weighted by molar-refractivity contribution is 9.10. The van der Waals surface area contributed by atoms with Crippen LogP contribution in [0.1, 0.15) is 5.56 Å². The van der Waals surface area contributed by atoms with Crippen molar-refractivity contribution in [2.75, 3.05) is 5.32 Å². The minimum atomic E-state index is -0.475. The largest absolute Gasteiger partial charge is 0.353 e. The van der Waals surface area contributed by atoms with Crippen molar-refractivity contribution in [2.24, 2.45) is 0 Å². The summed E-state index contributed by atoms with van der Waals surface area (Å²) in [5, 5.41) is 11.7. The quantitative estimate of drug-likeness (QED) is 0.811. The van der Waals surface area contributed by atoms with Crippen molar-refractivity contribution < 1.29 is 4.39 Å². The summed E-state index contributed by atoms with van der Waals surface area (Å²) in [7, 11) is 0. The minimum Gasteiger partial charge on any atom is -0.353 e. The van der Waals surface area contributed by atoms with Crippen LogP contribution in [0.3, 0.4) is 0 Å². The van der Waals surface area contributed by atoms with Crippen LogP contribution in [0.15, 0.2) is 45.3 Å². The van der Waals surface area contributed by atoms with Gasteiger partial charge in [0.15, 0.2) is 5.82 Å². The van der Waals surface area contributed by atoms with E-state index in [9.17, 15) is 4.39 Å². The molecule has 0 aliphatic carbocycles. The number of hydrogen-bond acceptors (Lipinski definition) is 2. The number of anilines is 2. The Morgan fingerprint density at radius 3 is 2.33 bits per heavy atom. The predicted octanol–water partition coefficient (Wildman–Crippen LogP) is 4.97. The first-order valence-electron chi connectivity index (χ1n) is 5.02. The smallest absolute Gasteiger partial charge is 0.162 e. The fourth-order valence-corrected chi connectivity index (χ4v) is 2.12. The van der Waals surface area contributed by atoms with E-state index in [1.165, 1.54) is 0 Å². The number of benzene rings is 2. The Bertz CT molecular complexity index is 618. The Balaban J connectivity index is 2.33. The van der Waals surface area contributed by atoms with Crippen LogP contribution < -0.4 is 5.32 Å². The highest BCUT2D eigenvalue weighted by atomic mass is 79.9. The summed E-state index contributed by atoms with van der Waals surface area (Å²) < 4.78 is 15.1. The monoisotopic (exact) mass is 368 g/mol. The molecule has 0 amide bonds. The lowest BCUT2D eigenvalue weighted by Crippen LogP contribution is -1.95. The highest BCUT2D eigenvalue weighted by Crippen LogP contribution is 2.29. The zero-order valence-electron chi connectivity index (χ0n) is 9.05. The van der Waals surface area contributed by atoms with E-state index in [-0.39, 0.29) is 10.0 Å². The van der Waals surface area contributed by atoms with Gasteiger partial charge in [0.2, 0.25) is 0 Å². The first-order valence-corrected chi connectivity index (χ1v) is 6.61. The van der Waals surface area contributed by atoms with Crippen molar-refractivity contribution in [1.82, 2.24) is 0 Å². The first-order chi connectivity index (χ1) is 8.61. The number of rotatable bonds is 2. The van der Waals surface area contributed by atoms with E-state index < -0.39 is 5.82 Å². The summed E-state index contributed by atoms with van der Waals surface area (Å²) in [6, 6.07) is 12.4. The maximum atomic E-state index is 13.9. The molecular formula is C13H7Br2FN2. The zero-order chi connectivity index (χ0) is 13.1. The molecule has 0 saturated heterocycles. The molecule has 0 bridgehead atoms. The lowest BCUT2D eigenvalue weighted by atomic mass is 10.2. The molecule has 0 saturated carbocycles. The van der Waals surface area contributed by atoms with Crippen molar-refractivity contribution >= 4 is 43.2 Å². The molecule has 0 aromatic heterocycles. The minimum absolute atomic E-state index is 0.173. The number of nitrogens with zero attached hydrogens (tertiary/aromatic N) is 1. The summed E-state index contributed by atoms with van der Waals surface area (Å²) in [5.41, 5.74) is 1.37. The summed E-state index contributed by atoms with van der Waals surface area (Å²) >= 11 is 6.40. The van der Waals surface area contributed by atoms with Crippen molar-refractivity contribution in [3.05, 3.63) is 56.7 Å². The maximum absolute atomic E-state index is 13.9. The van der Waals surface area contributed by atoms with Crippen LogP contribution in [0.25, 0.3) is 0 Å². The van der Waals surface area contributed by atoms with Crippen LogP contribution in [0.4, 0.5) is 15.8 Å². The van der Waals surface area contributed by atoms with Gasteiger partial charge in [0.25, 0.3) is 0 Å².